The lowest BCUT2D eigenvalue weighted by Gasteiger charge is -2.30. The average Bonchev–Trinajstić information content (AvgIpc) is 2.67. The smallest absolute Gasteiger partial charge is 0.244 e. The third-order valence-corrected chi connectivity index (χ3v) is 6.32. The minimum atomic E-state index is -3.65. The number of ether oxygens (including phenoxy) is 1. The predicted octanol–water partition coefficient (Wildman–Crippen LogP) is 3.73. The summed E-state index contributed by atoms with van der Waals surface area (Å²) in [5.74, 6) is 0.387. The van der Waals surface area contributed by atoms with Crippen LogP contribution in [-0.4, -0.2) is 33.7 Å². The molecule has 0 aliphatic heterocycles. The largest absolute Gasteiger partial charge is 0.497 e. The van der Waals surface area contributed by atoms with E-state index in [4.69, 9.17) is 4.74 Å². The summed E-state index contributed by atoms with van der Waals surface area (Å²) in [6.45, 7) is 7.45. The molecule has 0 bridgehead atoms. The van der Waals surface area contributed by atoms with E-state index in [0.29, 0.717) is 12.1 Å². The average molecular weight is 419 g/mol. The summed E-state index contributed by atoms with van der Waals surface area (Å²) in [5, 5.41) is 2.98. The molecule has 0 aromatic heterocycles. The van der Waals surface area contributed by atoms with Gasteiger partial charge >= 0.3 is 0 Å². The van der Waals surface area contributed by atoms with Crippen molar-refractivity contribution in [2.24, 2.45) is 0 Å². The van der Waals surface area contributed by atoms with Crippen LogP contribution in [0.5, 0.6) is 5.75 Å². The summed E-state index contributed by atoms with van der Waals surface area (Å²) in [5.41, 5.74) is 3.44. The molecule has 1 amide bonds. The SMILES string of the molecule is CC[C@@H](NC(=O)[C@@H](C)N(c1ccc(C)c(C)c1)S(C)(=O)=O)c1ccc(OC)cc1. The second kappa shape index (κ2) is 9.31. The number of sulfonamides is 1. The van der Waals surface area contributed by atoms with E-state index in [1.807, 2.05) is 51.1 Å². The van der Waals surface area contributed by atoms with Crippen molar-refractivity contribution < 1.29 is 17.9 Å². The third kappa shape index (κ3) is 5.50. The molecule has 7 heteroatoms. The van der Waals surface area contributed by atoms with Crippen molar-refractivity contribution in [1.29, 1.82) is 0 Å². The highest BCUT2D eigenvalue weighted by atomic mass is 32.2. The van der Waals surface area contributed by atoms with E-state index in [1.165, 1.54) is 4.31 Å². The molecule has 0 aliphatic rings. The Labute approximate surface area is 173 Å². The van der Waals surface area contributed by atoms with Crippen LogP contribution >= 0.6 is 0 Å². The molecule has 158 valence electrons. The molecule has 6 nitrogen and oxygen atoms in total. The van der Waals surface area contributed by atoms with Gasteiger partial charge in [0.25, 0.3) is 0 Å². The van der Waals surface area contributed by atoms with Crippen molar-refractivity contribution in [3.05, 3.63) is 59.2 Å². The molecule has 0 spiro atoms. The summed E-state index contributed by atoms with van der Waals surface area (Å²) in [6, 6.07) is 11.7. The molecule has 0 unspecified atom stereocenters. The predicted molar refractivity (Wildman–Crippen MR) is 117 cm³/mol. The second-order valence-corrected chi connectivity index (χ2v) is 9.11. The van der Waals surface area contributed by atoms with Gasteiger partial charge in [0.1, 0.15) is 11.8 Å². The molecule has 0 saturated carbocycles. The highest BCUT2D eigenvalue weighted by Crippen LogP contribution is 2.25. The van der Waals surface area contributed by atoms with Gasteiger partial charge in [0.15, 0.2) is 0 Å². The number of amides is 1. The fourth-order valence-corrected chi connectivity index (χ4v) is 4.39. The topological polar surface area (TPSA) is 75.7 Å². The molecular formula is C22H30N2O4S. The maximum absolute atomic E-state index is 13.0. The highest BCUT2D eigenvalue weighted by Gasteiger charge is 2.30. The molecule has 2 aromatic rings. The zero-order chi connectivity index (χ0) is 21.8. The van der Waals surface area contributed by atoms with Crippen molar-refractivity contribution >= 4 is 21.6 Å². The maximum atomic E-state index is 13.0. The van der Waals surface area contributed by atoms with Crippen LogP contribution < -0.4 is 14.4 Å². The van der Waals surface area contributed by atoms with Crippen molar-refractivity contribution in [3.63, 3.8) is 0 Å². The van der Waals surface area contributed by atoms with Gasteiger partial charge in [-0.3, -0.25) is 9.10 Å². The lowest BCUT2D eigenvalue weighted by molar-refractivity contribution is -0.122. The Bertz CT molecular complexity index is 955. The lowest BCUT2D eigenvalue weighted by atomic mass is 10.0. The van der Waals surface area contributed by atoms with Crippen molar-refractivity contribution in [3.8, 4) is 5.75 Å². The van der Waals surface area contributed by atoms with Crippen LogP contribution in [0.2, 0.25) is 0 Å². The summed E-state index contributed by atoms with van der Waals surface area (Å²) in [4.78, 5) is 13.0. The first kappa shape index (κ1) is 22.7. The maximum Gasteiger partial charge on any atom is 0.244 e. The van der Waals surface area contributed by atoms with Crippen molar-refractivity contribution in [2.45, 2.75) is 46.2 Å². The number of aryl methyl sites for hydroxylation is 2. The molecule has 0 aliphatic carbocycles. The minimum absolute atomic E-state index is 0.225. The van der Waals surface area contributed by atoms with E-state index in [1.54, 1.807) is 26.2 Å². The van der Waals surface area contributed by atoms with Gasteiger partial charge in [-0.05, 0) is 68.1 Å². The number of methoxy groups -OCH3 is 1. The number of nitrogens with one attached hydrogen (secondary N) is 1. The fourth-order valence-electron chi connectivity index (χ4n) is 3.22. The summed E-state index contributed by atoms with van der Waals surface area (Å²) in [7, 11) is -2.05. The second-order valence-electron chi connectivity index (χ2n) is 7.25. The van der Waals surface area contributed by atoms with Crippen LogP contribution in [0.4, 0.5) is 5.69 Å². The number of benzene rings is 2. The number of carbonyl (C=O) groups excluding carboxylic acids is 1. The van der Waals surface area contributed by atoms with Gasteiger partial charge in [-0.2, -0.15) is 0 Å². The first-order valence-electron chi connectivity index (χ1n) is 9.59. The van der Waals surface area contributed by atoms with Crippen LogP contribution in [0.15, 0.2) is 42.5 Å². The van der Waals surface area contributed by atoms with Gasteiger partial charge in [0.2, 0.25) is 15.9 Å². The molecule has 0 heterocycles. The van der Waals surface area contributed by atoms with Gasteiger partial charge in [-0.1, -0.05) is 25.1 Å². The minimum Gasteiger partial charge on any atom is -0.497 e. The molecule has 2 atom stereocenters. The summed E-state index contributed by atoms with van der Waals surface area (Å²) < 4.78 is 31.4. The Morgan fingerprint density at radius 3 is 2.21 bits per heavy atom. The number of rotatable bonds is 8. The molecule has 29 heavy (non-hydrogen) atoms. The normalized spacial score (nSPS) is 13.4. The van der Waals surface area contributed by atoms with E-state index < -0.39 is 16.1 Å². The van der Waals surface area contributed by atoms with Gasteiger partial charge in [-0.15, -0.1) is 0 Å². The Kier molecular flexibility index (Phi) is 7.30. The van der Waals surface area contributed by atoms with E-state index in [0.717, 1.165) is 28.7 Å². The molecule has 0 saturated heterocycles. The number of nitrogens with zero attached hydrogens (tertiary/aromatic N) is 1. The number of hydrogen-bond acceptors (Lipinski definition) is 4. The molecule has 2 aromatic carbocycles. The molecule has 2 rings (SSSR count). The Morgan fingerprint density at radius 2 is 1.72 bits per heavy atom. The molecule has 1 N–H and O–H groups in total. The van der Waals surface area contributed by atoms with Crippen molar-refractivity contribution in [2.75, 3.05) is 17.7 Å². The first-order chi connectivity index (χ1) is 13.6. The molecule has 0 radical (unpaired) electrons. The molecule has 0 fully saturated rings. The van der Waals surface area contributed by atoms with Crippen LogP contribution in [0, 0.1) is 13.8 Å². The zero-order valence-electron chi connectivity index (χ0n) is 17.9. The summed E-state index contributed by atoms with van der Waals surface area (Å²) in [6.07, 6.45) is 1.79. The van der Waals surface area contributed by atoms with Crippen LogP contribution in [-0.2, 0) is 14.8 Å². The summed E-state index contributed by atoms with van der Waals surface area (Å²) >= 11 is 0. The van der Waals surface area contributed by atoms with Crippen LogP contribution in [0.3, 0.4) is 0 Å². The quantitative estimate of drug-likeness (QED) is 0.709. The zero-order valence-corrected chi connectivity index (χ0v) is 18.7. The third-order valence-electron chi connectivity index (χ3n) is 5.08. The van der Waals surface area contributed by atoms with Gasteiger partial charge in [-0.25, -0.2) is 8.42 Å². The van der Waals surface area contributed by atoms with Gasteiger partial charge < -0.3 is 10.1 Å². The standard InChI is InChI=1S/C22H30N2O4S/c1-7-21(18-9-12-20(28-5)13-10-18)23-22(25)17(4)24(29(6,26)27)19-11-8-15(2)16(3)14-19/h8-14,17,21H,7H2,1-6H3,(H,23,25)/t17-,21-/m1/s1. The number of carbonyl (C=O) groups is 1. The van der Waals surface area contributed by atoms with Crippen LogP contribution in [0.1, 0.15) is 43.0 Å². The van der Waals surface area contributed by atoms with E-state index >= 15 is 0 Å². The van der Waals surface area contributed by atoms with E-state index in [2.05, 4.69) is 5.32 Å². The highest BCUT2D eigenvalue weighted by molar-refractivity contribution is 7.92. The van der Waals surface area contributed by atoms with Crippen LogP contribution in [0.25, 0.3) is 0 Å². The van der Waals surface area contributed by atoms with E-state index in [9.17, 15) is 13.2 Å². The number of anilines is 1. The van der Waals surface area contributed by atoms with E-state index in [-0.39, 0.29) is 11.9 Å². The monoisotopic (exact) mass is 418 g/mol. The fraction of sp³-hybridized carbons (Fsp3) is 0.409. The molecular weight excluding hydrogens is 388 g/mol. The lowest BCUT2D eigenvalue weighted by Crippen LogP contribution is -2.48. The Hall–Kier alpha value is -2.54. The Balaban J connectivity index is 2.28. The first-order valence-corrected chi connectivity index (χ1v) is 11.4. The Morgan fingerprint density at radius 1 is 1.10 bits per heavy atom. The van der Waals surface area contributed by atoms with Gasteiger partial charge in [0, 0.05) is 0 Å². The van der Waals surface area contributed by atoms with Crippen molar-refractivity contribution in [1.82, 2.24) is 5.32 Å². The van der Waals surface area contributed by atoms with Gasteiger partial charge in [0.05, 0.1) is 25.1 Å². The number of hydrogen-bond donors (Lipinski definition) is 1.